The summed E-state index contributed by atoms with van der Waals surface area (Å²) in [6.45, 7) is 2.88. The van der Waals surface area contributed by atoms with Crippen molar-refractivity contribution in [2.75, 3.05) is 31.7 Å². The molecule has 1 unspecified atom stereocenters. The van der Waals surface area contributed by atoms with Gasteiger partial charge in [-0.1, -0.05) is 18.2 Å². The number of anilines is 1. The molecule has 2 aromatic heterocycles. The van der Waals surface area contributed by atoms with Crippen molar-refractivity contribution in [3.8, 4) is 10.7 Å². The van der Waals surface area contributed by atoms with Gasteiger partial charge in [0.1, 0.15) is 5.82 Å². The molecular weight excluding hydrogens is 334 g/mol. The number of para-hydroxylation sites is 1. The third-order valence-electron chi connectivity index (χ3n) is 4.21. The van der Waals surface area contributed by atoms with E-state index < -0.39 is 0 Å². The molecule has 130 valence electrons. The summed E-state index contributed by atoms with van der Waals surface area (Å²) < 4.78 is 11.3. The van der Waals surface area contributed by atoms with Gasteiger partial charge in [-0.05, 0) is 36.4 Å². The van der Waals surface area contributed by atoms with E-state index in [4.69, 9.17) is 14.5 Å². The molecule has 1 aliphatic rings. The van der Waals surface area contributed by atoms with E-state index in [2.05, 4.69) is 10.3 Å². The Bertz CT molecular complexity index is 817. The highest BCUT2D eigenvalue weighted by Gasteiger charge is 2.15. The van der Waals surface area contributed by atoms with Crippen molar-refractivity contribution in [3.63, 3.8) is 0 Å². The molecule has 4 rings (SSSR count). The van der Waals surface area contributed by atoms with Crippen LogP contribution in [0.25, 0.3) is 21.6 Å². The number of benzene rings is 1. The van der Waals surface area contributed by atoms with E-state index in [1.54, 1.807) is 11.3 Å². The van der Waals surface area contributed by atoms with Crippen molar-refractivity contribution in [3.05, 3.63) is 41.8 Å². The van der Waals surface area contributed by atoms with Gasteiger partial charge in [-0.3, -0.25) is 0 Å². The summed E-state index contributed by atoms with van der Waals surface area (Å²) in [5.74, 6) is 1.62. The summed E-state index contributed by atoms with van der Waals surface area (Å²) in [6, 6.07) is 12.1. The van der Waals surface area contributed by atoms with E-state index in [-0.39, 0.29) is 6.10 Å². The highest BCUT2D eigenvalue weighted by molar-refractivity contribution is 7.13. The van der Waals surface area contributed by atoms with Crippen molar-refractivity contribution in [1.29, 1.82) is 0 Å². The van der Waals surface area contributed by atoms with Crippen LogP contribution in [0.4, 0.5) is 5.82 Å². The topological polar surface area (TPSA) is 56.3 Å². The number of hydrogen-bond donors (Lipinski definition) is 1. The predicted molar refractivity (Wildman–Crippen MR) is 101 cm³/mol. The molecule has 5 nitrogen and oxygen atoms in total. The number of nitrogens with one attached hydrogen (secondary N) is 1. The molecule has 3 aromatic rings. The molecule has 1 N–H and O–H groups in total. The number of aromatic nitrogens is 2. The Hall–Kier alpha value is -2.02. The lowest BCUT2D eigenvalue weighted by Crippen LogP contribution is -2.18. The fraction of sp³-hybridized carbons (Fsp3) is 0.368. The Morgan fingerprint density at radius 2 is 2.16 bits per heavy atom. The fourth-order valence-electron chi connectivity index (χ4n) is 2.96. The van der Waals surface area contributed by atoms with Crippen molar-refractivity contribution in [1.82, 2.24) is 9.97 Å². The second kappa shape index (κ2) is 7.91. The van der Waals surface area contributed by atoms with Crippen LogP contribution in [0.3, 0.4) is 0 Å². The quantitative estimate of drug-likeness (QED) is 0.650. The molecule has 0 bridgehead atoms. The summed E-state index contributed by atoms with van der Waals surface area (Å²) in [4.78, 5) is 10.5. The van der Waals surface area contributed by atoms with E-state index in [9.17, 15) is 0 Å². The molecule has 25 heavy (non-hydrogen) atoms. The minimum Gasteiger partial charge on any atom is -0.377 e. The van der Waals surface area contributed by atoms with Crippen LogP contribution < -0.4 is 5.32 Å². The highest BCUT2D eigenvalue weighted by Crippen LogP contribution is 2.27. The molecule has 1 saturated heterocycles. The first kappa shape index (κ1) is 16.4. The molecule has 1 aromatic carbocycles. The van der Waals surface area contributed by atoms with Gasteiger partial charge in [0.15, 0.2) is 5.82 Å². The van der Waals surface area contributed by atoms with E-state index in [0.717, 1.165) is 46.9 Å². The first-order valence-corrected chi connectivity index (χ1v) is 9.52. The van der Waals surface area contributed by atoms with E-state index in [1.807, 2.05) is 41.8 Å². The van der Waals surface area contributed by atoms with Crippen LogP contribution in [0.2, 0.25) is 0 Å². The van der Waals surface area contributed by atoms with E-state index >= 15 is 0 Å². The first-order chi connectivity index (χ1) is 12.4. The summed E-state index contributed by atoms with van der Waals surface area (Å²) in [7, 11) is 0. The number of ether oxygens (including phenoxy) is 2. The van der Waals surface area contributed by atoms with Gasteiger partial charge in [0.2, 0.25) is 0 Å². The maximum atomic E-state index is 5.72. The monoisotopic (exact) mass is 355 g/mol. The smallest absolute Gasteiger partial charge is 0.172 e. The lowest BCUT2D eigenvalue weighted by atomic mass is 10.2. The van der Waals surface area contributed by atoms with Crippen LogP contribution in [0.1, 0.15) is 12.8 Å². The Kier molecular flexibility index (Phi) is 5.20. The van der Waals surface area contributed by atoms with Crippen molar-refractivity contribution in [2.45, 2.75) is 18.9 Å². The molecule has 0 spiro atoms. The molecule has 6 heteroatoms. The molecule has 0 aliphatic carbocycles. The Morgan fingerprint density at radius 1 is 1.20 bits per heavy atom. The highest BCUT2D eigenvalue weighted by atomic mass is 32.1. The van der Waals surface area contributed by atoms with Gasteiger partial charge < -0.3 is 14.8 Å². The third kappa shape index (κ3) is 3.98. The average Bonchev–Trinajstić information content (AvgIpc) is 3.35. The zero-order valence-corrected chi connectivity index (χ0v) is 14.8. The van der Waals surface area contributed by atoms with Gasteiger partial charge >= 0.3 is 0 Å². The summed E-state index contributed by atoms with van der Waals surface area (Å²) >= 11 is 1.65. The molecular formula is C19H21N3O2S. The number of fused-ring (bicyclic) bond motifs is 1. The van der Waals surface area contributed by atoms with Gasteiger partial charge in [-0.2, -0.15) is 0 Å². The van der Waals surface area contributed by atoms with E-state index in [1.165, 1.54) is 0 Å². The van der Waals surface area contributed by atoms with Crippen LogP contribution >= 0.6 is 11.3 Å². The van der Waals surface area contributed by atoms with Crippen LogP contribution in [0, 0.1) is 0 Å². The summed E-state index contributed by atoms with van der Waals surface area (Å²) in [5, 5.41) is 6.47. The zero-order valence-electron chi connectivity index (χ0n) is 14.0. The number of rotatable bonds is 7. The summed E-state index contributed by atoms with van der Waals surface area (Å²) in [5.41, 5.74) is 0.948. The van der Waals surface area contributed by atoms with Crippen LogP contribution in [-0.4, -0.2) is 42.4 Å². The standard InChI is InChI=1S/C19H21N3O2S/c1-2-7-16-15(6-1)18(22-19(21-16)17-8-4-12-25-17)20-9-11-23-13-14-5-3-10-24-14/h1-2,4,6-8,12,14H,3,5,9-11,13H2,(H,20,21,22). The first-order valence-electron chi connectivity index (χ1n) is 8.64. The molecule has 0 saturated carbocycles. The lowest BCUT2D eigenvalue weighted by molar-refractivity contribution is 0.0206. The maximum absolute atomic E-state index is 5.72. The second-order valence-electron chi connectivity index (χ2n) is 6.03. The SMILES string of the molecule is c1csc(-c2nc(NCCOCC3CCCO3)c3ccccc3n2)c1. The maximum Gasteiger partial charge on any atom is 0.172 e. The number of nitrogens with zero attached hydrogens (tertiary/aromatic N) is 2. The van der Waals surface area contributed by atoms with Gasteiger partial charge in [-0.25, -0.2) is 9.97 Å². The fourth-order valence-corrected chi connectivity index (χ4v) is 3.62. The average molecular weight is 355 g/mol. The van der Waals surface area contributed by atoms with Gasteiger partial charge in [0.25, 0.3) is 0 Å². The number of hydrogen-bond acceptors (Lipinski definition) is 6. The van der Waals surface area contributed by atoms with Crippen molar-refractivity contribution >= 4 is 28.1 Å². The Labute approximate surface area is 151 Å². The lowest BCUT2D eigenvalue weighted by Gasteiger charge is -2.12. The molecule has 3 heterocycles. The molecule has 1 fully saturated rings. The summed E-state index contributed by atoms with van der Waals surface area (Å²) in [6.07, 6.45) is 2.52. The molecule has 0 amide bonds. The molecule has 1 atom stereocenters. The van der Waals surface area contributed by atoms with Crippen LogP contribution in [-0.2, 0) is 9.47 Å². The Balaban J connectivity index is 1.44. The van der Waals surface area contributed by atoms with Gasteiger partial charge in [0.05, 0.1) is 29.7 Å². The predicted octanol–water partition coefficient (Wildman–Crippen LogP) is 3.97. The van der Waals surface area contributed by atoms with Crippen LogP contribution in [0.5, 0.6) is 0 Å². The Morgan fingerprint density at radius 3 is 3.00 bits per heavy atom. The molecule has 1 aliphatic heterocycles. The van der Waals surface area contributed by atoms with Gasteiger partial charge in [0, 0.05) is 18.5 Å². The largest absolute Gasteiger partial charge is 0.377 e. The normalized spacial score (nSPS) is 17.2. The zero-order chi connectivity index (χ0) is 16.9. The molecule has 0 radical (unpaired) electrons. The van der Waals surface area contributed by atoms with Crippen molar-refractivity contribution in [2.24, 2.45) is 0 Å². The van der Waals surface area contributed by atoms with Gasteiger partial charge in [-0.15, -0.1) is 11.3 Å². The number of thiophene rings is 1. The minimum atomic E-state index is 0.269. The second-order valence-corrected chi connectivity index (χ2v) is 6.97. The van der Waals surface area contributed by atoms with E-state index in [0.29, 0.717) is 19.8 Å². The van der Waals surface area contributed by atoms with Crippen LogP contribution in [0.15, 0.2) is 41.8 Å². The van der Waals surface area contributed by atoms with Crippen molar-refractivity contribution < 1.29 is 9.47 Å². The third-order valence-corrected chi connectivity index (χ3v) is 5.08. The minimum absolute atomic E-state index is 0.269.